The van der Waals surface area contributed by atoms with Gasteiger partial charge in [0.05, 0.1) is 26.9 Å². The van der Waals surface area contributed by atoms with Gasteiger partial charge in [-0.1, -0.05) is 12.1 Å². The zero-order valence-corrected chi connectivity index (χ0v) is 23.3. The van der Waals surface area contributed by atoms with Gasteiger partial charge in [0.25, 0.3) is 0 Å². The third-order valence-electron chi connectivity index (χ3n) is 9.18. The lowest BCUT2D eigenvalue weighted by Gasteiger charge is -2.71. The molecule has 0 spiro atoms. The average Bonchev–Trinajstić information content (AvgIpc) is 3.42. The Hall–Kier alpha value is -3.78. The number of nitrogens with zero attached hydrogens (tertiary/aromatic N) is 3. The predicted octanol–water partition coefficient (Wildman–Crippen LogP) is 5.67. The minimum absolute atomic E-state index is 0.316. The highest BCUT2D eigenvalue weighted by molar-refractivity contribution is 5.99. The number of aromatic nitrogens is 3. The largest absolute Gasteiger partial charge is 0.497 e. The van der Waals surface area contributed by atoms with Gasteiger partial charge >= 0.3 is 0 Å². The van der Waals surface area contributed by atoms with Crippen molar-refractivity contribution in [3.8, 4) is 11.5 Å². The van der Waals surface area contributed by atoms with E-state index < -0.39 is 0 Å². The third-order valence-corrected chi connectivity index (χ3v) is 9.18. The van der Waals surface area contributed by atoms with Crippen LogP contribution in [0.25, 0.3) is 10.8 Å². The van der Waals surface area contributed by atoms with Gasteiger partial charge in [-0.25, -0.2) is 9.97 Å². The monoisotopic (exact) mass is 539 g/mol. The molecule has 3 heterocycles. The van der Waals surface area contributed by atoms with Gasteiger partial charge in [0.2, 0.25) is 0 Å². The molecule has 3 fully saturated rings. The van der Waals surface area contributed by atoms with Crippen molar-refractivity contribution in [3.05, 3.63) is 72.4 Å². The first-order valence-electron chi connectivity index (χ1n) is 14.3. The molecular formula is C32H37N5O3. The highest BCUT2D eigenvalue weighted by Crippen LogP contribution is 2.73. The number of hydrogen-bond acceptors (Lipinski definition) is 7. The van der Waals surface area contributed by atoms with Crippen molar-refractivity contribution >= 4 is 22.3 Å². The van der Waals surface area contributed by atoms with Crippen LogP contribution < -0.4 is 20.1 Å². The van der Waals surface area contributed by atoms with E-state index in [0.717, 1.165) is 66.5 Å². The van der Waals surface area contributed by atoms with Gasteiger partial charge in [0.15, 0.2) is 0 Å². The summed E-state index contributed by atoms with van der Waals surface area (Å²) in [4.78, 5) is 9.13. The van der Waals surface area contributed by atoms with E-state index in [1.165, 1.54) is 30.5 Å². The Balaban J connectivity index is 0.952. The Bertz CT molecular complexity index is 1510. The van der Waals surface area contributed by atoms with Gasteiger partial charge in [-0.05, 0) is 60.8 Å². The molecule has 208 valence electrons. The zero-order chi connectivity index (χ0) is 27.2. The van der Waals surface area contributed by atoms with Crippen molar-refractivity contribution in [1.29, 1.82) is 0 Å². The first kappa shape index (κ1) is 25.2. The number of nitrogens with one attached hydrogen (secondary N) is 2. The van der Waals surface area contributed by atoms with Gasteiger partial charge in [-0.15, -0.1) is 0 Å². The average molecular weight is 540 g/mol. The minimum Gasteiger partial charge on any atom is -0.497 e. The van der Waals surface area contributed by atoms with Crippen molar-refractivity contribution in [2.24, 2.45) is 10.8 Å². The van der Waals surface area contributed by atoms with E-state index in [9.17, 15) is 0 Å². The first-order chi connectivity index (χ1) is 19.6. The standard InChI is InChI=1S/C32H37N5O3/c1-38-23-7-6-22(28(14-23)39-2)16-35-30-26-4-3-5-27(25(26)8-10-34-30)36-20-31-17-32(18-31,19-31)21-40-24-9-12-37-13-11-33-29(37)15-24/h3-8,10-11,13-14,24,36H,9,12,15-21H2,1-2H3,(H,34,35). The second kappa shape index (κ2) is 10.0. The molecule has 4 aliphatic rings. The van der Waals surface area contributed by atoms with E-state index in [2.05, 4.69) is 55.6 Å². The van der Waals surface area contributed by atoms with Crippen LogP contribution in [0.4, 0.5) is 11.5 Å². The highest BCUT2D eigenvalue weighted by atomic mass is 16.5. The number of rotatable bonds is 11. The van der Waals surface area contributed by atoms with Gasteiger partial charge in [-0.3, -0.25) is 0 Å². The molecule has 2 aromatic carbocycles. The van der Waals surface area contributed by atoms with E-state index in [1.807, 2.05) is 30.6 Å². The molecule has 4 aromatic rings. The number of anilines is 2. The molecule has 2 N–H and O–H groups in total. The molecule has 8 nitrogen and oxygen atoms in total. The number of methoxy groups -OCH3 is 2. The maximum Gasteiger partial charge on any atom is 0.134 e. The first-order valence-corrected chi connectivity index (χ1v) is 14.3. The van der Waals surface area contributed by atoms with Crippen LogP contribution in [0.15, 0.2) is 61.1 Å². The van der Waals surface area contributed by atoms with Gasteiger partial charge in [0.1, 0.15) is 23.1 Å². The van der Waals surface area contributed by atoms with Gasteiger partial charge in [-0.2, -0.15) is 0 Å². The van der Waals surface area contributed by atoms with Crippen molar-refractivity contribution in [3.63, 3.8) is 0 Å². The van der Waals surface area contributed by atoms with Crippen molar-refractivity contribution in [2.45, 2.75) is 51.3 Å². The van der Waals surface area contributed by atoms with Gasteiger partial charge in [0, 0.05) is 72.7 Å². The Morgan fingerprint density at radius 2 is 1.85 bits per heavy atom. The second-order valence-corrected chi connectivity index (χ2v) is 11.9. The number of benzene rings is 2. The van der Waals surface area contributed by atoms with Crippen molar-refractivity contribution in [2.75, 3.05) is 38.0 Å². The summed E-state index contributed by atoms with van der Waals surface area (Å²) in [7, 11) is 3.34. The Morgan fingerprint density at radius 1 is 0.950 bits per heavy atom. The third kappa shape index (κ3) is 4.54. The molecule has 0 amide bonds. The lowest BCUT2D eigenvalue weighted by molar-refractivity contribution is -0.230. The molecule has 1 unspecified atom stereocenters. The molecule has 8 rings (SSSR count). The maximum atomic E-state index is 6.41. The lowest BCUT2D eigenvalue weighted by atomic mass is 9.35. The fourth-order valence-corrected chi connectivity index (χ4v) is 7.29. The second-order valence-electron chi connectivity index (χ2n) is 11.9. The molecule has 3 saturated carbocycles. The summed E-state index contributed by atoms with van der Waals surface area (Å²) in [6, 6.07) is 14.4. The molecule has 1 aliphatic heterocycles. The summed E-state index contributed by atoms with van der Waals surface area (Å²) < 4.78 is 19.6. The van der Waals surface area contributed by atoms with Crippen LogP contribution in [0, 0.1) is 10.8 Å². The van der Waals surface area contributed by atoms with E-state index >= 15 is 0 Å². The number of ether oxygens (including phenoxy) is 3. The number of aryl methyl sites for hydroxylation is 1. The summed E-state index contributed by atoms with van der Waals surface area (Å²) >= 11 is 0. The quantitative estimate of drug-likeness (QED) is 0.254. The van der Waals surface area contributed by atoms with Crippen LogP contribution in [0.5, 0.6) is 11.5 Å². The molecule has 3 aliphatic carbocycles. The van der Waals surface area contributed by atoms with E-state index in [1.54, 1.807) is 14.2 Å². The predicted molar refractivity (Wildman–Crippen MR) is 156 cm³/mol. The van der Waals surface area contributed by atoms with E-state index in [0.29, 0.717) is 23.5 Å². The summed E-state index contributed by atoms with van der Waals surface area (Å²) in [6.07, 6.45) is 12.0. The Morgan fingerprint density at radius 3 is 2.70 bits per heavy atom. The smallest absolute Gasteiger partial charge is 0.134 e. The molecule has 2 bridgehead atoms. The number of hydrogen-bond donors (Lipinski definition) is 2. The molecule has 40 heavy (non-hydrogen) atoms. The summed E-state index contributed by atoms with van der Waals surface area (Å²) in [5, 5.41) is 9.60. The van der Waals surface area contributed by atoms with E-state index in [-0.39, 0.29) is 0 Å². The minimum atomic E-state index is 0.316. The topological polar surface area (TPSA) is 82.5 Å². The Labute approximate surface area is 235 Å². The fraction of sp³-hybridized carbons (Fsp3) is 0.438. The zero-order valence-electron chi connectivity index (χ0n) is 23.3. The van der Waals surface area contributed by atoms with E-state index in [4.69, 9.17) is 14.2 Å². The van der Waals surface area contributed by atoms with Crippen molar-refractivity contribution in [1.82, 2.24) is 14.5 Å². The molecule has 2 aromatic heterocycles. The van der Waals surface area contributed by atoms with Crippen LogP contribution in [0.2, 0.25) is 0 Å². The molecule has 0 saturated heterocycles. The summed E-state index contributed by atoms with van der Waals surface area (Å²) in [5.41, 5.74) is 3.02. The molecule has 8 heteroatoms. The fourth-order valence-electron chi connectivity index (χ4n) is 7.29. The van der Waals surface area contributed by atoms with Crippen LogP contribution in [-0.2, 0) is 24.2 Å². The SMILES string of the molecule is COc1ccc(CNc2nccc3c(NCC45CC(COC6CCn7ccnc7C6)(C4)C5)cccc23)c(OC)c1. The van der Waals surface area contributed by atoms with Crippen LogP contribution >= 0.6 is 0 Å². The lowest BCUT2D eigenvalue weighted by Crippen LogP contribution is -2.66. The van der Waals surface area contributed by atoms with Crippen LogP contribution in [0.3, 0.4) is 0 Å². The van der Waals surface area contributed by atoms with Crippen LogP contribution in [0.1, 0.15) is 37.1 Å². The maximum absolute atomic E-state index is 6.41. The number of fused-ring (bicyclic) bond motifs is 2. The van der Waals surface area contributed by atoms with Crippen LogP contribution in [-0.4, -0.2) is 48.0 Å². The number of pyridine rings is 1. The molecular weight excluding hydrogens is 502 g/mol. The molecule has 1 atom stereocenters. The summed E-state index contributed by atoms with van der Waals surface area (Å²) in [6.45, 7) is 3.53. The van der Waals surface area contributed by atoms with Gasteiger partial charge < -0.3 is 29.4 Å². The number of imidazole rings is 1. The highest BCUT2D eigenvalue weighted by Gasteiger charge is 2.67. The molecule has 0 radical (unpaired) electrons. The Kier molecular flexibility index (Phi) is 6.30. The van der Waals surface area contributed by atoms with Crippen molar-refractivity contribution < 1.29 is 14.2 Å². The summed E-state index contributed by atoms with van der Waals surface area (Å²) in [5.74, 6) is 3.60. The normalized spacial score (nSPS) is 24.5.